The lowest BCUT2D eigenvalue weighted by Crippen LogP contribution is -2.34. The lowest BCUT2D eigenvalue weighted by atomic mass is 10.1. The van der Waals surface area contributed by atoms with Crippen molar-refractivity contribution >= 4 is 7.82 Å². The van der Waals surface area contributed by atoms with Crippen molar-refractivity contribution in [2.45, 2.75) is 24.6 Å². The van der Waals surface area contributed by atoms with E-state index in [0.717, 1.165) is 0 Å². The van der Waals surface area contributed by atoms with Gasteiger partial charge in [0.1, 0.15) is 18.3 Å². The second kappa shape index (κ2) is 4.21. The first-order valence-corrected chi connectivity index (χ1v) is 5.24. The van der Waals surface area contributed by atoms with Crippen molar-refractivity contribution in [3.8, 4) is 0 Å². The van der Waals surface area contributed by atoms with Gasteiger partial charge in [-0.25, -0.2) is 4.57 Å². The van der Waals surface area contributed by atoms with Crippen LogP contribution in [0, 0.1) is 0 Å². The van der Waals surface area contributed by atoms with Crippen LogP contribution in [-0.2, 0) is 13.8 Å². The lowest BCUT2D eigenvalue weighted by Gasteiger charge is -2.15. The number of rotatable bonds is 3. The largest absolute Gasteiger partial charge is 0.472 e. The molecule has 1 saturated heterocycles. The molecule has 0 bridgehead atoms. The second-order valence-electron chi connectivity index (χ2n) is 2.80. The molecule has 1 fully saturated rings. The Labute approximate surface area is 78.9 Å². The number of phosphoric ester groups is 1. The van der Waals surface area contributed by atoms with Gasteiger partial charge in [0.2, 0.25) is 0 Å². The van der Waals surface area contributed by atoms with Crippen molar-refractivity contribution in [3.05, 3.63) is 0 Å². The average Bonchev–Trinajstić information content (AvgIpc) is 2.30. The molecule has 84 valence electrons. The number of phosphoric acid groups is 1. The number of hydrogen-bond donors (Lipinski definition) is 5. The molecule has 1 rings (SSSR count). The van der Waals surface area contributed by atoms with Crippen LogP contribution in [0.3, 0.4) is 0 Å². The summed E-state index contributed by atoms with van der Waals surface area (Å²) in [6.45, 7) is -0.584. The molecule has 0 aromatic rings. The van der Waals surface area contributed by atoms with E-state index in [9.17, 15) is 4.57 Å². The molecule has 1 aliphatic heterocycles. The van der Waals surface area contributed by atoms with Gasteiger partial charge < -0.3 is 29.8 Å². The van der Waals surface area contributed by atoms with E-state index in [2.05, 4.69) is 9.26 Å². The maximum absolute atomic E-state index is 10.4. The van der Waals surface area contributed by atoms with E-state index in [0.29, 0.717) is 0 Å². The molecule has 0 spiro atoms. The molecule has 5 N–H and O–H groups in total. The summed E-state index contributed by atoms with van der Waals surface area (Å²) in [4.78, 5) is 16.8. The van der Waals surface area contributed by atoms with Crippen LogP contribution < -0.4 is 0 Å². The van der Waals surface area contributed by atoms with Gasteiger partial charge >= 0.3 is 7.82 Å². The van der Waals surface area contributed by atoms with Crippen molar-refractivity contribution in [2.24, 2.45) is 0 Å². The summed E-state index contributed by atoms with van der Waals surface area (Å²) in [7, 11) is -4.79. The third-order valence-corrected chi connectivity index (χ3v) is 2.22. The van der Waals surface area contributed by atoms with Gasteiger partial charge in [-0.3, -0.25) is 4.52 Å². The molecule has 1 unspecified atom stereocenters. The molecule has 0 saturated carbocycles. The summed E-state index contributed by atoms with van der Waals surface area (Å²) in [5.41, 5.74) is 0. The molecule has 8 nitrogen and oxygen atoms in total. The predicted molar refractivity (Wildman–Crippen MR) is 40.9 cm³/mol. The van der Waals surface area contributed by atoms with E-state index in [1.54, 1.807) is 0 Å². The zero-order valence-electron chi connectivity index (χ0n) is 6.92. The van der Waals surface area contributed by atoms with E-state index in [1.165, 1.54) is 0 Å². The van der Waals surface area contributed by atoms with Gasteiger partial charge in [0.25, 0.3) is 0 Å². The van der Waals surface area contributed by atoms with Gasteiger partial charge in [-0.1, -0.05) is 0 Å². The maximum atomic E-state index is 10.4. The fourth-order valence-corrected chi connectivity index (χ4v) is 1.53. The fourth-order valence-electron chi connectivity index (χ4n) is 1.09. The van der Waals surface area contributed by atoms with Crippen molar-refractivity contribution in [1.82, 2.24) is 0 Å². The average molecular weight is 230 g/mol. The zero-order valence-corrected chi connectivity index (χ0v) is 7.82. The second-order valence-corrected chi connectivity index (χ2v) is 3.99. The first-order chi connectivity index (χ1) is 6.35. The highest BCUT2D eigenvalue weighted by Crippen LogP contribution is 2.40. The minimum Gasteiger partial charge on any atom is -0.394 e. The molecule has 4 atom stereocenters. The quantitative estimate of drug-likeness (QED) is 0.336. The molecular weight excluding hydrogens is 219 g/mol. The third kappa shape index (κ3) is 2.72. The van der Waals surface area contributed by atoms with Crippen LogP contribution in [0.2, 0.25) is 0 Å². The molecule has 0 aliphatic carbocycles. The minimum absolute atomic E-state index is 0.584. The molecule has 0 radical (unpaired) electrons. The molecular formula is C5H11O8P. The van der Waals surface area contributed by atoms with E-state index in [1.807, 2.05) is 0 Å². The topological polar surface area (TPSA) is 137 Å². The number of aliphatic hydroxyl groups is 3. The summed E-state index contributed by atoms with van der Waals surface area (Å²) < 4.78 is 19.1. The summed E-state index contributed by atoms with van der Waals surface area (Å²) in [6.07, 6.45) is -5.78. The first kappa shape index (κ1) is 12.0. The van der Waals surface area contributed by atoms with Crippen molar-refractivity contribution in [1.29, 1.82) is 0 Å². The Morgan fingerprint density at radius 3 is 2.21 bits per heavy atom. The first-order valence-electron chi connectivity index (χ1n) is 3.71. The Morgan fingerprint density at radius 1 is 1.29 bits per heavy atom. The Kier molecular flexibility index (Phi) is 3.62. The van der Waals surface area contributed by atoms with Gasteiger partial charge in [0.15, 0.2) is 6.29 Å². The molecule has 0 aromatic heterocycles. The normalized spacial score (nSPS) is 38.9. The summed E-state index contributed by atoms with van der Waals surface area (Å²) in [5, 5.41) is 26.9. The van der Waals surface area contributed by atoms with E-state index < -0.39 is 39.0 Å². The predicted octanol–water partition coefficient (Wildman–Crippen LogP) is -2.47. The molecule has 1 aliphatic rings. The Hall–Kier alpha value is -0.0500. The molecule has 0 amide bonds. The molecule has 1 heterocycles. The van der Waals surface area contributed by atoms with E-state index in [-0.39, 0.29) is 0 Å². The third-order valence-electron chi connectivity index (χ3n) is 1.74. The summed E-state index contributed by atoms with van der Waals surface area (Å²) in [6, 6.07) is 0. The van der Waals surface area contributed by atoms with Crippen LogP contribution in [0.1, 0.15) is 0 Å². The summed E-state index contributed by atoms with van der Waals surface area (Å²) >= 11 is 0. The number of hydrogen-bond acceptors (Lipinski definition) is 6. The van der Waals surface area contributed by atoms with Crippen LogP contribution in [0.5, 0.6) is 0 Å². The van der Waals surface area contributed by atoms with Gasteiger partial charge in [0, 0.05) is 0 Å². The van der Waals surface area contributed by atoms with Crippen LogP contribution in [-0.4, -0.2) is 56.3 Å². The smallest absolute Gasteiger partial charge is 0.394 e. The fraction of sp³-hybridized carbons (Fsp3) is 1.00. The van der Waals surface area contributed by atoms with Crippen LogP contribution in [0.15, 0.2) is 0 Å². The van der Waals surface area contributed by atoms with E-state index in [4.69, 9.17) is 25.1 Å². The van der Waals surface area contributed by atoms with Crippen molar-refractivity contribution < 1.29 is 38.9 Å². The molecule has 0 aromatic carbocycles. The van der Waals surface area contributed by atoms with Gasteiger partial charge in [0.05, 0.1) is 6.61 Å². The summed E-state index contributed by atoms with van der Waals surface area (Å²) in [5.74, 6) is 0. The highest BCUT2D eigenvalue weighted by molar-refractivity contribution is 7.46. The molecule has 9 heteroatoms. The van der Waals surface area contributed by atoms with Gasteiger partial charge in [-0.15, -0.1) is 0 Å². The highest BCUT2D eigenvalue weighted by atomic mass is 31.2. The van der Waals surface area contributed by atoms with Crippen LogP contribution >= 0.6 is 7.82 Å². The zero-order chi connectivity index (χ0) is 10.9. The van der Waals surface area contributed by atoms with Crippen LogP contribution in [0.4, 0.5) is 0 Å². The Balaban J connectivity index is 2.61. The number of ether oxygens (including phenoxy) is 1. The highest BCUT2D eigenvalue weighted by Gasteiger charge is 2.45. The van der Waals surface area contributed by atoms with E-state index >= 15 is 0 Å². The van der Waals surface area contributed by atoms with Crippen LogP contribution in [0.25, 0.3) is 0 Å². The van der Waals surface area contributed by atoms with Crippen molar-refractivity contribution in [3.63, 3.8) is 0 Å². The molecule has 14 heavy (non-hydrogen) atoms. The lowest BCUT2D eigenvalue weighted by molar-refractivity contribution is -0.126. The Morgan fingerprint density at radius 2 is 1.86 bits per heavy atom. The SMILES string of the molecule is O=P(O)(O)O[C@@H]1O[C@H](CO)[C@H](O)C1O. The number of aliphatic hydroxyl groups excluding tert-OH is 3. The minimum atomic E-state index is -4.79. The Bertz CT molecular complexity index is 238. The van der Waals surface area contributed by atoms with Crippen molar-refractivity contribution in [2.75, 3.05) is 6.61 Å². The standard InChI is InChI=1S/C5H11O8P/c6-1-2-3(7)4(8)5(12-2)13-14(9,10)11/h2-8H,1H2,(H2,9,10,11)/t2-,3+,4?,5+/m1/s1. The van der Waals surface area contributed by atoms with Gasteiger partial charge in [-0.2, -0.15) is 0 Å². The van der Waals surface area contributed by atoms with Gasteiger partial charge in [-0.05, 0) is 0 Å². The monoisotopic (exact) mass is 230 g/mol. The maximum Gasteiger partial charge on any atom is 0.472 e.